The Morgan fingerprint density at radius 2 is 0.726 bits per heavy atom. The summed E-state index contributed by atoms with van der Waals surface area (Å²) < 4.78 is 10.7. The van der Waals surface area contributed by atoms with Crippen LogP contribution in [0.15, 0.2) is 24.3 Å². The molecule has 36 nitrogen and oxygen atoms in total. The summed E-state index contributed by atoms with van der Waals surface area (Å²) in [6, 6.07) is -12.2. The number of methoxy groups -OCH3 is 2. The van der Waals surface area contributed by atoms with Crippen molar-refractivity contribution < 1.29 is 87.4 Å². The first-order valence-corrected chi connectivity index (χ1v) is 36.8. The molecule has 12 rings (SSSR count). The van der Waals surface area contributed by atoms with Gasteiger partial charge in [0.15, 0.2) is 0 Å². The Bertz CT molecular complexity index is 3630. The fourth-order valence-corrected chi connectivity index (χ4v) is 16.9. The number of aliphatic hydroxyl groups excluding tert-OH is 2. The standard InChI is InChI=1S/C68H94Cl2N18O18/c1-29(2)49-63(101)87-45(15-11-19-73-87)59(97)85-43(13-9-17-71-85)55(93)75-41(27-105-7)53(91)81-51(31(5)89)61(99)83-47(57(95)79-49)25-67(103)35-21-33(37(69)23-39(35)77-65(67)83)34-22-36-40(24-38(34)70)78-66-68(36,104)26-48-58(96)80-50(30(3)4)64(102)88-46(16-12-20-74-88)60(98)86-44(14-10-18-72-86)56(94)76-42(28-106-8)54(92)82-52(32(6)90)62(100)84(48)66/h21-24,29-32,41-52,65-66,71-74,77-78,89-90,103-104H,9-20,25-28H2,1-8H3,(H,75,93)(H,76,94)(H,79,95)(H,80,96)(H,81,91)(H,82,92)/t31-,32-,41-,42-,43-,44+,45-,46+,47+,48+,49+,50+,51+,52-,65-,66-,67+,68+/m0/s1. The average molecular weight is 1520 g/mol. The van der Waals surface area contributed by atoms with Crippen LogP contribution in [0.4, 0.5) is 11.4 Å². The lowest BCUT2D eigenvalue weighted by Gasteiger charge is -2.43. The van der Waals surface area contributed by atoms with Gasteiger partial charge in [-0.1, -0.05) is 50.9 Å². The Hall–Kier alpha value is -8.14. The zero-order valence-corrected chi connectivity index (χ0v) is 61.5. The van der Waals surface area contributed by atoms with Gasteiger partial charge < -0.3 is 82.2 Å². The van der Waals surface area contributed by atoms with E-state index in [9.17, 15) is 49.2 Å². The Morgan fingerprint density at radius 3 is 1.05 bits per heavy atom. The highest BCUT2D eigenvalue weighted by atomic mass is 35.5. The van der Waals surface area contributed by atoms with Gasteiger partial charge >= 0.3 is 0 Å². The number of nitrogens with one attached hydrogen (secondary N) is 12. The largest absolute Gasteiger partial charge is 0.391 e. The molecule has 0 bridgehead atoms. The maximum atomic E-state index is 15.6. The van der Waals surface area contributed by atoms with Crippen LogP contribution in [-0.2, 0) is 78.2 Å². The third-order valence-electron chi connectivity index (χ3n) is 21.9. The minimum Gasteiger partial charge on any atom is -0.391 e. The predicted molar refractivity (Wildman–Crippen MR) is 375 cm³/mol. The van der Waals surface area contributed by atoms with E-state index in [0.29, 0.717) is 38.8 Å². The number of nitrogens with zero attached hydrogens (tertiary/aromatic N) is 6. The smallest absolute Gasteiger partial charge is 0.261 e. The molecule has 0 spiro atoms. The second-order valence-electron chi connectivity index (χ2n) is 29.7. The van der Waals surface area contributed by atoms with Crippen molar-refractivity contribution in [1.82, 2.24) is 83.4 Å². The Labute approximate surface area is 620 Å². The molecule has 8 fully saturated rings. The molecule has 0 unspecified atom stereocenters. The number of halogens is 2. The maximum Gasteiger partial charge on any atom is 0.261 e. The number of aliphatic hydroxyl groups is 4. The van der Waals surface area contributed by atoms with Gasteiger partial charge in [0.05, 0.1) is 35.5 Å². The van der Waals surface area contributed by atoms with Gasteiger partial charge in [0.1, 0.15) is 96.0 Å². The van der Waals surface area contributed by atoms with E-state index in [1.165, 1.54) is 52.3 Å². The van der Waals surface area contributed by atoms with Crippen LogP contribution in [0, 0.1) is 11.8 Å². The average Bonchev–Trinajstić information content (AvgIpc) is 1.55. The number of rotatable bonds is 9. The molecule has 12 amide bonds. The van der Waals surface area contributed by atoms with Gasteiger partial charge in [-0.15, -0.1) is 0 Å². The van der Waals surface area contributed by atoms with E-state index in [0.717, 1.165) is 29.8 Å². The van der Waals surface area contributed by atoms with Crippen molar-refractivity contribution in [3.63, 3.8) is 0 Å². The van der Waals surface area contributed by atoms with E-state index in [1.807, 2.05) is 0 Å². The quantitative estimate of drug-likeness (QED) is 0.114. The number of benzene rings is 2. The first-order chi connectivity index (χ1) is 50.3. The van der Waals surface area contributed by atoms with Crippen LogP contribution < -0.4 is 64.2 Å². The monoisotopic (exact) mass is 1520 g/mol. The van der Waals surface area contributed by atoms with E-state index in [1.54, 1.807) is 27.7 Å². The summed E-state index contributed by atoms with van der Waals surface area (Å²) in [4.78, 5) is 181. The minimum absolute atomic E-state index is 0.0299. The molecular formula is C68H94Cl2N18O18. The number of hydrogen-bond acceptors (Lipinski definition) is 24. The highest BCUT2D eigenvalue weighted by molar-refractivity contribution is 6.37. The van der Waals surface area contributed by atoms with Crippen LogP contribution in [0.5, 0.6) is 0 Å². The summed E-state index contributed by atoms with van der Waals surface area (Å²) in [5.74, 6) is -11.8. The van der Waals surface area contributed by atoms with Crippen molar-refractivity contribution in [3.05, 3.63) is 45.4 Å². The lowest BCUT2D eigenvalue weighted by molar-refractivity contribution is -0.161. The molecule has 10 aliphatic rings. The molecule has 2 aromatic rings. The summed E-state index contributed by atoms with van der Waals surface area (Å²) in [5, 5.41) is 76.7. The van der Waals surface area contributed by atoms with E-state index >= 15 is 28.8 Å². The molecule has 0 radical (unpaired) electrons. The number of carbonyl (C=O) groups is 12. The molecule has 2 aromatic carbocycles. The number of hydrazine groups is 4. The number of anilines is 2. The van der Waals surface area contributed by atoms with Crippen molar-refractivity contribution in [2.24, 2.45) is 11.8 Å². The zero-order valence-electron chi connectivity index (χ0n) is 60.0. The normalized spacial score (nSPS) is 33.5. The molecular weight excluding hydrogens is 1430 g/mol. The number of amides is 12. The maximum absolute atomic E-state index is 15.6. The highest BCUT2D eigenvalue weighted by Gasteiger charge is 2.64. The summed E-state index contributed by atoms with van der Waals surface area (Å²) in [5.41, 5.74) is 7.92. The Kier molecular flexibility index (Phi) is 22.5. The molecule has 10 aliphatic heterocycles. The second-order valence-corrected chi connectivity index (χ2v) is 30.5. The molecule has 0 aromatic heterocycles. The molecule has 10 heterocycles. The number of fused-ring (bicyclic) bond motifs is 14. The molecule has 16 N–H and O–H groups in total. The summed E-state index contributed by atoms with van der Waals surface area (Å²) in [6.45, 7) is 9.20. The predicted octanol–water partition coefficient (Wildman–Crippen LogP) is -3.97. The van der Waals surface area contributed by atoms with Gasteiger partial charge in [0.2, 0.25) is 47.3 Å². The van der Waals surface area contributed by atoms with Crippen molar-refractivity contribution in [2.45, 2.75) is 214 Å². The van der Waals surface area contributed by atoms with Crippen molar-refractivity contribution in [1.29, 1.82) is 0 Å². The number of carbonyl (C=O) groups excluding carboxylic acids is 12. The fourth-order valence-electron chi connectivity index (χ4n) is 16.3. The van der Waals surface area contributed by atoms with Gasteiger partial charge in [-0.2, -0.15) is 0 Å². The van der Waals surface area contributed by atoms with Gasteiger partial charge in [0, 0.05) is 86.9 Å². The first kappa shape index (κ1) is 77.5. The third-order valence-corrected chi connectivity index (χ3v) is 22.5. The first-order valence-electron chi connectivity index (χ1n) is 36.1. The van der Waals surface area contributed by atoms with E-state index in [2.05, 4.69) is 64.2 Å². The molecule has 38 heteroatoms. The molecule has 8 saturated heterocycles. The van der Waals surface area contributed by atoms with Crippen LogP contribution in [-0.4, -0.2) is 272 Å². The molecule has 0 aliphatic carbocycles. The Morgan fingerprint density at radius 1 is 0.415 bits per heavy atom. The minimum atomic E-state index is -2.29. The van der Waals surface area contributed by atoms with Crippen LogP contribution in [0.25, 0.3) is 11.1 Å². The van der Waals surface area contributed by atoms with Gasteiger partial charge in [-0.3, -0.25) is 77.6 Å². The van der Waals surface area contributed by atoms with E-state index in [-0.39, 0.29) is 82.4 Å². The zero-order chi connectivity index (χ0) is 76.4. The van der Waals surface area contributed by atoms with Crippen LogP contribution >= 0.6 is 23.2 Å². The third kappa shape index (κ3) is 14.0. The van der Waals surface area contributed by atoms with Gasteiger partial charge in [-0.25, -0.2) is 21.7 Å². The van der Waals surface area contributed by atoms with E-state index in [4.69, 9.17) is 32.7 Å². The molecule has 106 heavy (non-hydrogen) atoms. The lowest BCUT2D eigenvalue weighted by atomic mass is 9.86. The Balaban J connectivity index is 0.910. The fraction of sp³-hybridized carbons (Fsp3) is 0.647. The van der Waals surface area contributed by atoms with Crippen molar-refractivity contribution >= 4 is 105 Å². The van der Waals surface area contributed by atoms with Crippen molar-refractivity contribution in [2.75, 3.05) is 64.2 Å². The second kappa shape index (κ2) is 30.8. The van der Waals surface area contributed by atoms with Crippen LogP contribution in [0.2, 0.25) is 10.0 Å². The van der Waals surface area contributed by atoms with Crippen molar-refractivity contribution in [3.8, 4) is 11.1 Å². The van der Waals surface area contributed by atoms with Gasteiger partial charge in [-0.05, 0) is 101 Å². The SMILES string of the molecule is COC[C@@H]1NC(=O)[C@H]2CCCNN2C(=O)[C@H]2CCCNN2C(=O)[C@@H](C(C)C)NC(=O)[C@H]2C[C@@]3(O)c4cc(-c5cc6c(cc5Cl)N[C@H]5N7C(=O)[C@@H]([C@H](C)O)NC(=O)[C@H](COC)NC(=O)[C@@H]8CCCNN8C(=O)[C@@H]8CCCNN8C(=O)[C@@H](C(C)C)NC(=O)[C@H]7C[C@@]65O)c(Cl)cc4N[C@H]3N2C(=O)[C@H]([C@H](C)O)NC1=O. The summed E-state index contributed by atoms with van der Waals surface area (Å²) in [6.07, 6.45) is -5.55. The number of hydrogen-bond donors (Lipinski definition) is 16. The van der Waals surface area contributed by atoms with Gasteiger partial charge in [0.25, 0.3) is 23.6 Å². The lowest BCUT2D eigenvalue weighted by Crippen LogP contribution is -2.69. The van der Waals surface area contributed by atoms with Crippen LogP contribution in [0.3, 0.4) is 0 Å². The molecule has 0 saturated carbocycles. The topological polar surface area (TPSA) is 468 Å². The van der Waals surface area contributed by atoms with E-state index < -0.39 is 217 Å². The van der Waals surface area contributed by atoms with Crippen LogP contribution in [0.1, 0.15) is 117 Å². The summed E-state index contributed by atoms with van der Waals surface area (Å²) in [7, 11) is 2.53. The summed E-state index contributed by atoms with van der Waals surface area (Å²) >= 11 is 14.5. The number of ether oxygens (including phenoxy) is 2. The highest BCUT2D eigenvalue weighted by Crippen LogP contribution is 2.55. The molecule has 18 atom stereocenters. The molecule has 578 valence electrons.